The summed E-state index contributed by atoms with van der Waals surface area (Å²) >= 11 is 0. The molecular weight excluding hydrogens is 383 g/mol. The van der Waals surface area contributed by atoms with Gasteiger partial charge in [0.2, 0.25) is 5.88 Å². The Labute approximate surface area is 156 Å². The zero-order valence-corrected chi connectivity index (χ0v) is 14.7. The number of nitrogens with zero attached hydrogens (tertiary/aromatic N) is 2. The summed E-state index contributed by atoms with van der Waals surface area (Å²) in [6, 6.07) is 3.93. The van der Waals surface area contributed by atoms with Gasteiger partial charge in [-0.1, -0.05) is 6.07 Å². The van der Waals surface area contributed by atoms with Crippen LogP contribution in [0.5, 0.6) is 0 Å². The number of nitrogens with two attached hydrogens (primary N) is 1. The number of allylic oxidation sites excluding steroid dienone is 2. The van der Waals surface area contributed by atoms with Gasteiger partial charge in [-0.05, 0) is 19.9 Å². The van der Waals surface area contributed by atoms with Crippen molar-refractivity contribution in [1.82, 2.24) is 0 Å². The summed E-state index contributed by atoms with van der Waals surface area (Å²) in [5.74, 6) is -3.62. The second kappa shape index (κ2) is 7.59. The smallest absolute Gasteiger partial charge is 0.416 e. The summed E-state index contributed by atoms with van der Waals surface area (Å²) in [5.41, 5.74) is 1.42. The molecule has 0 aliphatic carbocycles. The first-order valence-corrected chi connectivity index (χ1v) is 7.84. The molecule has 1 aliphatic heterocycles. The van der Waals surface area contributed by atoms with Gasteiger partial charge in [0, 0.05) is 6.07 Å². The zero-order valence-electron chi connectivity index (χ0n) is 14.7. The molecule has 1 unspecified atom stereocenters. The Balaban J connectivity index is 2.95. The summed E-state index contributed by atoms with van der Waals surface area (Å²) in [6.45, 7) is 2.59. The second-order valence-corrected chi connectivity index (χ2v) is 5.61. The van der Waals surface area contributed by atoms with Gasteiger partial charge in [0.1, 0.15) is 17.4 Å². The van der Waals surface area contributed by atoms with E-state index >= 15 is 0 Å². The highest BCUT2D eigenvalue weighted by Gasteiger charge is 2.45. The Kier molecular flexibility index (Phi) is 5.63. The molecule has 0 spiro atoms. The average molecular weight is 397 g/mol. The van der Waals surface area contributed by atoms with Crippen LogP contribution in [0.4, 0.5) is 18.9 Å². The quantitative estimate of drug-likeness (QED) is 0.469. The molecule has 0 saturated heterocycles. The maximum absolute atomic E-state index is 13.6. The number of nitro groups is 1. The fraction of sp³-hybridized carbons (Fsp3) is 0.294. The molecule has 0 radical (unpaired) electrons. The highest BCUT2D eigenvalue weighted by Crippen LogP contribution is 2.47. The molecule has 0 amide bonds. The molecule has 0 saturated carbocycles. The van der Waals surface area contributed by atoms with Crippen molar-refractivity contribution in [3.05, 3.63) is 62.2 Å². The number of hydrogen-bond donors (Lipinski definition) is 1. The predicted molar refractivity (Wildman–Crippen MR) is 88.1 cm³/mol. The average Bonchev–Trinajstić information content (AvgIpc) is 2.59. The number of esters is 1. The van der Waals surface area contributed by atoms with Gasteiger partial charge in [0.15, 0.2) is 0 Å². The molecule has 28 heavy (non-hydrogen) atoms. The van der Waals surface area contributed by atoms with Crippen molar-refractivity contribution < 1.29 is 32.4 Å². The minimum absolute atomic E-state index is 0.119. The Morgan fingerprint density at radius 3 is 2.61 bits per heavy atom. The van der Waals surface area contributed by atoms with Gasteiger partial charge in [0.05, 0.1) is 34.1 Å². The lowest BCUT2D eigenvalue weighted by Crippen LogP contribution is -2.27. The van der Waals surface area contributed by atoms with Gasteiger partial charge >= 0.3 is 12.1 Å². The fourth-order valence-electron chi connectivity index (χ4n) is 2.91. The standard InChI is InChI=1S/C17H14F3N3O5/c1-3-27-16(24)12-8(2)28-15(22)9(7-21)13(12)14-10(17(18,19)20)5-4-6-11(14)23(25)26/h4-6,13H,3,22H2,1-2H3. The number of ether oxygens (including phenoxy) is 2. The lowest BCUT2D eigenvalue weighted by molar-refractivity contribution is -0.385. The van der Waals surface area contributed by atoms with Crippen LogP contribution in [-0.2, 0) is 20.4 Å². The van der Waals surface area contributed by atoms with Crippen molar-refractivity contribution >= 4 is 11.7 Å². The molecule has 0 bridgehead atoms. The molecule has 1 aromatic rings. The number of benzene rings is 1. The van der Waals surface area contributed by atoms with Crippen LogP contribution < -0.4 is 5.73 Å². The van der Waals surface area contributed by atoms with Crippen molar-refractivity contribution in [3.8, 4) is 6.07 Å². The van der Waals surface area contributed by atoms with Gasteiger partial charge in [-0.25, -0.2) is 4.79 Å². The molecule has 0 aromatic heterocycles. The normalized spacial score (nSPS) is 17.1. The maximum Gasteiger partial charge on any atom is 0.416 e. The van der Waals surface area contributed by atoms with E-state index in [2.05, 4.69) is 0 Å². The first kappa shape index (κ1) is 20.8. The molecule has 1 atom stereocenters. The van der Waals surface area contributed by atoms with Crippen LogP contribution in [-0.4, -0.2) is 17.5 Å². The van der Waals surface area contributed by atoms with E-state index in [0.717, 1.165) is 12.1 Å². The molecule has 0 fully saturated rings. The van der Waals surface area contributed by atoms with Gasteiger partial charge in [-0.2, -0.15) is 18.4 Å². The molecule has 1 heterocycles. The van der Waals surface area contributed by atoms with Crippen molar-refractivity contribution in [3.63, 3.8) is 0 Å². The number of hydrogen-bond acceptors (Lipinski definition) is 7. The Morgan fingerprint density at radius 2 is 2.11 bits per heavy atom. The van der Waals surface area contributed by atoms with Crippen molar-refractivity contribution in [2.75, 3.05) is 6.61 Å². The fourth-order valence-corrected chi connectivity index (χ4v) is 2.91. The number of carbonyl (C=O) groups is 1. The minimum Gasteiger partial charge on any atom is -0.463 e. The monoisotopic (exact) mass is 397 g/mol. The van der Waals surface area contributed by atoms with Crippen molar-refractivity contribution in [2.45, 2.75) is 25.9 Å². The molecule has 1 aliphatic rings. The summed E-state index contributed by atoms with van der Waals surface area (Å²) in [7, 11) is 0. The van der Waals surface area contributed by atoms with Gasteiger partial charge < -0.3 is 15.2 Å². The van der Waals surface area contributed by atoms with Crippen molar-refractivity contribution in [2.24, 2.45) is 5.73 Å². The van der Waals surface area contributed by atoms with Crippen LogP contribution in [0, 0.1) is 21.4 Å². The SMILES string of the molecule is CCOC(=O)C1=C(C)OC(N)=C(C#N)C1c1c([N+](=O)[O-])cccc1C(F)(F)F. The highest BCUT2D eigenvalue weighted by atomic mass is 19.4. The first-order chi connectivity index (χ1) is 13.0. The summed E-state index contributed by atoms with van der Waals surface area (Å²) < 4.78 is 50.9. The zero-order chi connectivity index (χ0) is 21.2. The van der Waals surface area contributed by atoms with E-state index in [-0.39, 0.29) is 12.4 Å². The number of nitro benzene ring substituents is 1. The third-order valence-electron chi connectivity index (χ3n) is 3.97. The van der Waals surface area contributed by atoms with E-state index in [1.807, 2.05) is 0 Å². The Morgan fingerprint density at radius 1 is 1.46 bits per heavy atom. The number of halogens is 3. The summed E-state index contributed by atoms with van der Waals surface area (Å²) in [6.07, 6.45) is -5.00. The van der Waals surface area contributed by atoms with E-state index in [1.165, 1.54) is 13.8 Å². The number of alkyl halides is 3. The summed E-state index contributed by atoms with van der Waals surface area (Å²) in [5, 5.41) is 20.9. The molecule has 2 N–H and O–H groups in total. The third-order valence-corrected chi connectivity index (χ3v) is 3.97. The Bertz CT molecular complexity index is 944. The van der Waals surface area contributed by atoms with Crippen LogP contribution in [0.1, 0.15) is 30.9 Å². The van der Waals surface area contributed by atoms with E-state index in [4.69, 9.17) is 15.2 Å². The minimum atomic E-state index is -5.00. The Hall–Kier alpha value is -3.55. The second-order valence-electron chi connectivity index (χ2n) is 5.61. The van der Waals surface area contributed by atoms with Crippen LogP contribution in [0.25, 0.3) is 0 Å². The first-order valence-electron chi connectivity index (χ1n) is 7.84. The van der Waals surface area contributed by atoms with Crippen LogP contribution in [0.2, 0.25) is 0 Å². The lowest BCUT2D eigenvalue weighted by atomic mass is 9.80. The van der Waals surface area contributed by atoms with Gasteiger partial charge in [0.25, 0.3) is 5.69 Å². The summed E-state index contributed by atoms with van der Waals surface area (Å²) in [4.78, 5) is 22.8. The van der Waals surface area contributed by atoms with E-state index < -0.39 is 56.8 Å². The van der Waals surface area contributed by atoms with Gasteiger partial charge in [-0.3, -0.25) is 10.1 Å². The van der Waals surface area contributed by atoms with Crippen LogP contribution in [0.15, 0.2) is 41.0 Å². The van der Waals surface area contributed by atoms with Crippen molar-refractivity contribution in [1.29, 1.82) is 5.26 Å². The lowest BCUT2D eigenvalue weighted by Gasteiger charge is -2.28. The van der Waals surface area contributed by atoms with E-state index in [0.29, 0.717) is 6.07 Å². The van der Waals surface area contributed by atoms with E-state index in [9.17, 15) is 33.3 Å². The molecule has 1 aromatic carbocycles. The highest BCUT2D eigenvalue weighted by molar-refractivity contribution is 5.93. The van der Waals surface area contributed by atoms with Crippen LogP contribution >= 0.6 is 0 Å². The predicted octanol–water partition coefficient (Wildman–Crippen LogP) is 3.26. The topological polar surface area (TPSA) is 128 Å². The van der Waals surface area contributed by atoms with Gasteiger partial charge in [-0.15, -0.1) is 0 Å². The van der Waals surface area contributed by atoms with Crippen LogP contribution in [0.3, 0.4) is 0 Å². The molecule has 2 rings (SSSR count). The maximum atomic E-state index is 13.6. The third kappa shape index (κ3) is 3.62. The molecule has 148 valence electrons. The number of rotatable bonds is 4. The molecule has 8 nitrogen and oxygen atoms in total. The largest absolute Gasteiger partial charge is 0.463 e. The molecule has 11 heteroatoms. The number of carbonyl (C=O) groups excluding carboxylic acids is 1. The molecular formula is C17H14F3N3O5. The number of nitriles is 1. The van der Waals surface area contributed by atoms with E-state index in [1.54, 1.807) is 6.07 Å².